The van der Waals surface area contributed by atoms with Crippen LogP contribution in [0.3, 0.4) is 0 Å². The summed E-state index contributed by atoms with van der Waals surface area (Å²) in [6.07, 6.45) is 0.899. The first-order valence-corrected chi connectivity index (χ1v) is 12.8. The highest BCUT2D eigenvalue weighted by Gasteiger charge is 2.44. The molecule has 6 nitrogen and oxygen atoms in total. The van der Waals surface area contributed by atoms with Crippen molar-refractivity contribution in [1.82, 2.24) is 0 Å². The number of benzene rings is 4. The summed E-state index contributed by atoms with van der Waals surface area (Å²) in [6.45, 7) is 2.05. The second-order valence-corrected chi connectivity index (χ2v) is 10.2. The normalized spacial score (nSPS) is 19.1. The Hall–Kier alpha value is -4.45. The Kier molecular flexibility index (Phi) is 5.75. The molecule has 0 aromatic heterocycles. The molecule has 1 aliphatic carbocycles. The molecule has 0 bridgehead atoms. The smallest absolute Gasteiger partial charge is 0.160 e. The van der Waals surface area contributed by atoms with Gasteiger partial charge in [0.25, 0.3) is 0 Å². The van der Waals surface area contributed by atoms with Crippen molar-refractivity contribution in [3.05, 3.63) is 106 Å². The van der Waals surface area contributed by atoms with Crippen molar-refractivity contribution < 1.29 is 14.6 Å². The van der Waals surface area contributed by atoms with E-state index >= 15 is 0 Å². The number of phenolic OH excluding ortho intramolecular Hbond substituents is 1. The van der Waals surface area contributed by atoms with E-state index in [9.17, 15) is 5.11 Å². The van der Waals surface area contributed by atoms with E-state index in [1.54, 1.807) is 20.3 Å². The van der Waals surface area contributed by atoms with E-state index in [1.807, 2.05) is 30.3 Å². The first-order chi connectivity index (χ1) is 18.4. The van der Waals surface area contributed by atoms with E-state index in [-0.39, 0.29) is 29.5 Å². The number of hydrogen-bond acceptors (Lipinski definition) is 5. The molecular formula is C32H31N3O3. The molecule has 0 spiro atoms. The number of hydrogen-bond donors (Lipinski definition) is 4. The van der Waals surface area contributed by atoms with Gasteiger partial charge in [0.2, 0.25) is 0 Å². The molecule has 192 valence electrons. The molecule has 0 amide bonds. The highest BCUT2D eigenvalue weighted by Crippen LogP contribution is 2.56. The molecule has 38 heavy (non-hydrogen) atoms. The van der Waals surface area contributed by atoms with Crippen molar-refractivity contribution in [3.63, 3.8) is 0 Å². The molecule has 4 aromatic rings. The molecule has 3 atom stereocenters. The summed E-state index contributed by atoms with van der Waals surface area (Å²) in [5, 5.41) is 22.7. The van der Waals surface area contributed by atoms with Gasteiger partial charge < -0.3 is 25.6 Å². The zero-order chi connectivity index (χ0) is 26.6. The Morgan fingerprint density at radius 2 is 1.68 bits per heavy atom. The van der Waals surface area contributed by atoms with Crippen LogP contribution >= 0.6 is 0 Å². The van der Waals surface area contributed by atoms with E-state index in [0.717, 1.165) is 51.2 Å². The number of rotatable bonds is 5. The fraction of sp³-hybridized carbons (Fsp3) is 0.219. The second-order valence-electron chi connectivity index (χ2n) is 10.2. The van der Waals surface area contributed by atoms with Crippen molar-refractivity contribution >= 4 is 11.5 Å². The molecule has 0 fully saturated rings. The van der Waals surface area contributed by atoms with E-state index in [4.69, 9.17) is 20.6 Å². The van der Waals surface area contributed by atoms with Crippen molar-refractivity contribution in [2.24, 2.45) is 11.7 Å². The number of nitrogens with one attached hydrogen (secondary N) is 2. The van der Waals surface area contributed by atoms with E-state index in [0.29, 0.717) is 5.75 Å². The van der Waals surface area contributed by atoms with Gasteiger partial charge in [-0.3, -0.25) is 5.41 Å². The summed E-state index contributed by atoms with van der Waals surface area (Å²) in [7, 11) is 3.25. The molecule has 0 saturated heterocycles. The SMILES string of the molecule is COc1cc(C2Nc3ccc(C(=N)N)cc3C3c4ccccc4CC23)c(-c2cc(C)ccc2OC)cc1O. The lowest BCUT2D eigenvalue weighted by Gasteiger charge is -2.39. The third-order valence-corrected chi connectivity index (χ3v) is 8.04. The third kappa shape index (κ3) is 3.76. The van der Waals surface area contributed by atoms with Gasteiger partial charge in [-0.25, -0.2) is 0 Å². The Bertz CT molecular complexity index is 1580. The minimum Gasteiger partial charge on any atom is -0.504 e. The van der Waals surface area contributed by atoms with Gasteiger partial charge in [-0.1, -0.05) is 35.9 Å². The molecule has 6 rings (SSSR count). The number of aryl methyl sites for hydroxylation is 1. The topological polar surface area (TPSA) is 101 Å². The minimum absolute atomic E-state index is 0.0647. The predicted octanol–water partition coefficient (Wildman–Crippen LogP) is 6.14. The van der Waals surface area contributed by atoms with Crippen LogP contribution in [0.1, 0.15) is 45.3 Å². The molecule has 1 heterocycles. The van der Waals surface area contributed by atoms with Crippen LogP contribution in [0.5, 0.6) is 17.2 Å². The number of nitrogens with two attached hydrogens (primary N) is 1. The molecule has 0 saturated carbocycles. The average molecular weight is 506 g/mol. The summed E-state index contributed by atoms with van der Waals surface area (Å²) in [5.74, 6) is 1.67. The molecule has 4 aromatic carbocycles. The van der Waals surface area contributed by atoms with Gasteiger partial charge in [-0.15, -0.1) is 0 Å². The maximum atomic E-state index is 10.9. The number of methoxy groups -OCH3 is 2. The lowest BCUT2D eigenvalue weighted by molar-refractivity contribution is 0.370. The van der Waals surface area contributed by atoms with Crippen LogP contribution in [0.15, 0.2) is 72.8 Å². The standard InChI is InChI=1S/C32H31N3O3/c1-17-8-11-28(37-2)22(12-17)21-15-27(36)29(38-3)16-23(21)31-25-13-18-6-4-5-7-20(18)30(25)24-14-19(32(33)34)9-10-26(24)35-31/h4-12,14-16,25,30-31,35-36H,13H2,1-3H3,(H3,33,34). The highest BCUT2D eigenvalue weighted by molar-refractivity contribution is 5.96. The van der Waals surface area contributed by atoms with Crippen molar-refractivity contribution in [1.29, 1.82) is 5.41 Å². The maximum Gasteiger partial charge on any atom is 0.160 e. The van der Waals surface area contributed by atoms with Gasteiger partial charge in [0.1, 0.15) is 11.6 Å². The zero-order valence-electron chi connectivity index (χ0n) is 21.7. The molecule has 2 aliphatic rings. The first-order valence-electron chi connectivity index (χ1n) is 12.8. The monoisotopic (exact) mass is 505 g/mol. The Morgan fingerprint density at radius 3 is 2.45 bits per heavy atom. The Morgan fingerprint density at radius 1 is 0.895 bits per heavy atom. The number of ether oxygens (including phenoxy) is 2. The number of fused-ring (bicyclic) bond motifs is 5. The lowest BCUT2D eigenvalue weighted by Crippen LogP contribution is -2.31. The summed E-state index contributed by atoms with van der Waals surface area (Å²) in [5.41, 5.74) is 15.4. The van der Waals surface area contributed by atoms with Crippen LogP contribution in [0.2, 0.25) is 0 Å². The van der Waals surface area contributed by atoms with Crippen molar-refractivity contribution in [3.8, 4) is 28.4 Å². The summed E-state index contributed by atoms with van der Waals surface area (Å²) in [4.78, 5) is 0. The number of aromatic hydroxyl groups is 1. The number of nitrogen functional groups attached to an aromatic ring is 1. The molecule has 0 radical (unpaired) electrons. The third-order valence-electron chi connectivity index (χ3n) is 8.04. The van der Waals surface area contributed by atoms with Gasteiger partial charge in [0, 0.05) is 22.7 Å². The largest absolute Gasteiger partial charge is 0.504 e. The van der Waals surface area contributed by atoms with Gasteiger partial charge in [-0.05, 0) is 89.5 Å². The predicted molar refractivity (Wildman–Crippen MR) is 151 cm³/mol. The highest BCUT2D eigenvalue weighted by atomic mass is 16.5. The summed E-state index contributed by atoms with van der Waals surface area (Å²) < 4.78 is 11.3. The van der Waals surface area contributed by atoms with Crippen molar-refractivity contribution in [2.45, 2.75) is 25.3 Å². The molecule has 3 unspecified atom stereocenters. The molecule has 5 N–H and O–H groups in total. The average Bonchev–Trinajstić information content (AvgIpc) is 3.32. The second kappa shape index (κ2) is 9.14. The van der Waals surface area contributed by atoms with E-state index < -0.39 is 0 Å². The Labute approximate surface area is 222 Å². The Balaban J connectivity index is 1.59. The number of phenols is 1. The summed E-state index contributed by atoms with van der Waals surface area (Å²) >= 11 is 0. The van der Waals surface area contributed by atoms with E-state index in [1.165, 1.54) is 11.1 Å². The van der Waals surface area contributed by atoms with Crippen LogP contribution in [0.4, 0.5) is 5.69 Å². The zero-order valence-corrected chi connectivity index (χ0v) is 21.7. The molecule has 1 aliphatic heterocycles. The maximum absolute atomic E-state index is 10.9. The number of anilines is 1. The lowest BCUT2D eigenvalue weighted by atomic mass is 9.74. The van der Waals surface area contributed by atoms with Gasteiger partial charge in [-0.2, -0.15) is 0 Å². The van der Waals surface area contributed by atoms with Crippen LogP contribution in [0, 0.1) is 18.3 Å². The van der Waals surface area contributed by atoms with Crippen LogP contribution in [-0.2, 0) is 6.42 Å². The van der Waals surface area contributed by atoms with Gasteiger partial charge in [0.05, 0.1) is 20.3 Å². The number of amidine groups is 1. The first kappa shape index (κ1) is 23.9. The quantitative estimate of drug-likeness (QED) is 0.193. The fourth-order valence-electron chi connectivity index (χ4n) is 6.31. The summed E-state index contributed by atoms with van der Waals surface area (Å²) in [6, 6.07) is 24.4. The minimum atomic E-state index is -0.0715. The van der Waals surface area contributed by atoms with Crippen molar-refractivity contribution in [2.75, 3.05) is 19.5 Å². The van der Waals surface area contributed by atoms with E-state index in [2.05, 4.69) is 48.6 Å². The van der Waals surface area contributed by atoms with Crippen LogP contribution in [0.25, 0.3) is 11.1 Å². The van der Waals surface area contributed by atoms with Gasteiger partial charge in [0.15, 0.2) is 11.5 Å². The fourth-order valence-corrected chi connectivity index (χ4v) is 6.31. The molecule has 6 heteroatoms. The molecular weight excluding hydrogens is 474 g/mol. The van der Waals surface area contributed by atoms with Gasteiger partial charge >= 0.3 is 0 Å². The van der Waals surface area contributed by atoms with Crippen LogP contribution < -0.4 is 20.5 Å². The van der Waals surface area contributed by atoms with Crippen LogP contribution in [-0.4, -0.2) is 25.2 Å².